The number of carbonyl (C=O) groups is 2. The van der Waals surface area contributed by atoms with Gasteiger partial charge in [-0.15, -0.1) is 10.2 Å². The molecule has 0 saturated heterocycles. The number of ether oxygens (including phenoxy) is 1. The average molecular weight is 384 g/mol. The summed E-state index contributed by atoms with van der Waals surface area (Å²) < 4.78 is 6.57. The number of anilines is 1. The summed E-state index contributed by atoms with van der Waals surface area (Å²) in [5, 5.41) is 11.0. The first-order valence-electron chi connectivity index (χ1n) is 7.54. The molecule has 0 fully saturated rings. The van der Waals surface area contributed by atoms with E-state index in [1.165, 1.54) is 11.8 Å². The highest BCUT2D eigenvalue weighted by Gasteiger charge is 2.20. The molecule has 2 aromatic heterocycles. The maximum Gasteiger partial charge on any atom is 0.313 e. The molecule has 1 amide bonds. The second-order valence-corrected chi connectivity index (χ2v) is 6.70. The lowest BCUT2D eigenvalue weighted by atomic mass is 10.4. The van der Waals surface area contributed by atoms with Gasteiger partial charge in [0.2, 0.25) is 5.91 Å². The lowest BCUT2D eigenvalue weighted by molar-refractivity contribution is -0.142. The molecule has 1 N–H and O–H groups in total. The second kappa shape index (κ2) is 8.82. The number of pyridine rings is 1. The van der Waals surface area contributed by atoms with Crippen LogP contribution in [0.4, 0.5) is 5.69 Å². The Kier molecular flexibility index (Phi) is 6.77. The first-order valence-corrected chi connectivity index (χ1v) is 8.80. The third-order valence-corrected chi connectivity index (χ3v) is 4.64. The molecule has 0 saturated carbocycles. The number of amides is 1. The molecule has 0 aliphatic heterocycles. The van der Waals surface area contributed by atoms with Crippen molar-refractivity contribution in [2.45, 2.75) is 30.7 Å². The summed E-state index contributed by atoms with van der Waals surface area (Å²) in [4.78, 5) is 27.8. The summed E-state index contributed by atoms with van der Waals surface area (Å²) in [6, 6.07) is 3.36. The van der Waals surface area contributed by atoms with Crippen LogP contribution in [0.5, 0.6) is 0 Å². The van der Waals surface area contributed by atoms with Crippen molar-refractivity contribution in [3.05, 3.63) is 29.3 Å². The van der Waals surface area contributed by atoms with Gasteiger partial charge in [0.25, 0.3) is 0 Å². The predicted octanol–water partition coefficient (Wildman–Crippen LogP) is 2.09. The summed E-state index contributed by atoms with van der Waals surface area (Å²) in [6.45, 7) is 3.79. The second-order valence-electron chi connectivity index (χ2n) is 5.03. The molecule has 0 aliphatic rings. The number of halogens is 1. The summed E-state index contributed by atoms with van der Waals surface area (Å²) in [6.07, 6.45) is 1.57. The van der Waals surface area contributed by atoms with Gasteiger partial charge in [-0.25, -0.2) is 4.98 Å². The van der Waals surface area contributed by atoms with Gasteiger partial charge in [0, 0.05) is 13.2 Å². The van der Waals surface area contributed by atoms with Crippen LogP contribution in [0.3, 0.4) is 0 Å². The largest absolute Gasteiger partial charge is 0.466 e. The fourth-order valence-corrected chi connectivity index (χ4v) is 2.87. The number of nitrogens with one attached hydrogen (secondary N) is 1. The van der Waals surface area contributed by atoms with Crippen LogP contribution in [0.1, 0.15) is 19.7 Å². The summed E-state index contributed by atoms with van der Waals surface area (Å²) in [5.41, 5.74) is 0.447. The highest BCUT2D eigenvalue weighted by atomic mass is 35.5. The van der Waals surface area contributed by atoms with Gasteiger partial charge in [0.1, 0.15) is 12.2 Å². The van der Waals surface area contributed by atoms with Crippen molar-refractivity contribution in [3.8, 4) is 0 Å². The Morgan fingerprint density at radius 3 is 2.88 bits per heavy atom. The maximum atomic E-state index is 12.3. The Morgan fingerprint density at radius 1 is 1.44 bits per heavy atom. The third-order valence-electron chi connectivity index (χ3n) is 3.20. The van der Waals surface area contributed by atoms with Crippen LogP contribution in [-0.2, 0) is 27.8 Å². The topological polar surface area (TPSA) is 99.0 Å². The molecule has 0 spiro atoms. The highest BCUT2D eigenvalue weighted by Crippen LogP contribution is 2.24. The smallest absolute Gasteiger partial charge is 0.313 e. The molecular formula is C15H18ClN5O3S. The van der Waals surface area contributed by atoms with Crippen LogP contribution in [0.25, 0.3) is 0 Å². The molecule has 0 aliphatic carbocycles. The van der Waals surface area contributed by atoms with Crippen molar-refractivity contribution in [3.63, 3.8) is 0 Å². The molecule has 134 valence electrons. The first kappa shape index (κ1) is 19.2. The number of aromatic nitrogens is 4. The molecule has 2 aromatic rings. The van der Waals surface area contributed by atoms with Crippen molar-refractivity contribution in [2.75, 3.05) is 11.9 Å². The lowest BCUT2D eigenvalue weighted by Gasteiger charge is -2.12. The van der Waals surface area contributed by atoms with E-state index < -0.39 is 5.25 Å². The third kappa shape index (κ3) is 5.17. The monoisotopic (exact) mass is 383 g/mol. The molecule has 8 nitrogen and oxygen atoms in total. The van der Waals surface area contributed by atoms with Gasteiger partial charge in [-0.05, 0) is 26.0 Å². The fraction of sp³-hybridized carbons (Fsp3) is 0.400. The van der Waals surface area contributed by atoms with Gasteiger partial charge >= 0.3 is 5.97 Å². The highest BCUT2D eigenvalue weighted by molar-refractivity contribution is 8.00. The molecule has 1 atom stereocenters. The molecular weight excluding hydrogens is 366 g/mol. The van der Waals surface area contributed by atoms with E-state index >= 15 is 0 Å². The van der Waals surface area contributed by atoms with E-state index in [2.05, 4.69) is 20.5 Å². The van der Waals surface area contributed by atoms with Crippen molar-refractivity contribution in [1.82, 2.24) is 19.7 Å². The standard InChI is InChI=1S/C15H18ClN5O3S/c1-4-24-12(22)8-11-19-20-15(21(11)3)25-9(2)14(23)18-10-6-5-7-17-13(10)16/h5-7,9H,4,8H2,1-3H3,(H,18,23)/t9-/m0/s1. The van der Waals surface area contributed by atoms with E-state index in [9.17, 15) is 9.59 Å². The molecule has 0 unspecified atom stereocenters. The molecule has 10 heteroatoms. The Morgan fingerprint density at radius 2 is 2.20 bits per heavy atom. The normalized spacial score (nSPS) is 11.8. The Bertz CT molecular complexity index is 767. The van der Waals surface area contributed by atoms with Crippen molar-refractivity contribution in [2.24, 2.45) is 7.05 Å². The van der Waals surface area contributed by atoms with Crippen LogP contribution in [0, 0.1) is 0 Å². The Labute approximate surface area is 154 Å². The van der Waals surface area contributed by atoms with Gasteiger partial charge < -0.3 is 14.6 Å². The van der Waals surface area contributed by atoms with Gasteiger partial charge in [0.05, 0.1) is 17.5 Å². The van der Waals surface area contributed by atoms with Crippen LogP contribution < -0.4 is 5.32 Å². The minimum atomic E-state index is -0.449. The zero-order valence-corrected chi connectivity index (χ0v) is 15.6. The van der Waals surface area contributed by atoms with Crippen LogP contribution in [0.2, 0.25) is 5.15 Å². The number of rotatable bonds is 7. The molecule has 2 rings (SSSR count). The summed E-state index contributed by atoms with van der Waals surface area (Å²) in [7, 11) is 1.74. The maximum absolute atomic E-state index is 12.3. The molecule has 0 bridgehead atoms. The minimum Gasteiger partial charge on any atom is -0.466 e. The van der Waals surface area contributed by atoms with Gasteiger partial charge in [0.15, 0.2) is 10.3 Å². The Balaban J connectivity index is 1.99. The number of hydrogen-bond acceptors (Lipinski definition) is 7. The number of esters is 1. The first-order chi connectivity index (χ1) is 11.9. The lowest BCUT2D eigenvalue weighted by Crippen LogP contribution is -2.23. The van der Waals surface area contributed by atoms with E-state index in [0.717, 1.165) is 0 Å². The number of hydrogen-bond donors (Lipinski definition) is 1. The van der Waals surface area contributed by atoms with Gasteiger partial charge in [-0.1, -0.05) is 23.4 Å². The van der Waals surface area contributed by atoms with Crippen LogP contribution in [-0.4, -0.2) is 43.5 Å². The number of nitrogens with zero attached hydrogens (tertiary/aromatic N) is 4. The van der Waals surface area contributed by atoms with Gasteiger partial charge in [-0.3, -0.25) is 9.59 Å². The van der Waals surface area contributed by atoms with Gasteiger partial charge in [-0.2, -0.15) is 0 Å². The number of carbonyl (C=O) groups excluding carboxylic acids is 2. The fourth-order valence-electron chi connectivity index (χ4n) is 1.87. The zero-order chi connectivity index (χ0) is 18.4. The van der Waals surface area contributed by atoms with Crippen molar-refractivity contribution >= 4 is 40.9 Å². The number of thioether (sulfide) groups is 1. The van der Waals surface area contributed by atoms with Crippen LogP contribution in [0.15, 0.2) is 23.5 Å². The SMILES string of the molecule is CCOC(=O)Cc1nnc(S[C@@H](C)C(=O)Nc2cccnc2Cl)n1C. The van der Waals surface area contributed by atoms with Crippen LogP contribution >= 0.6 is 23.4 Å². The molecule has 25 heavy (non-hydrogen) atoms. The predicted molar refractivity (Wildman–Crippen MR) is 94.5 cm³/mol. The van der Waals surface area contributed by atoms with E-state index in [-0.39, 0.29) is 23.5 Å². The van der Waals surface area contributed by atoms with Crippen molar-refractivity contribution in [1.29, 1.82) is 0 Å². The van der Waals surface area contributed by atoms with E-state index in [1.807, 2.05) is 0 Å². The summed E-state index contributed by atoms with van der Waals surface area (Å²) >= 11 is 7.16. The molecule has 2 heterocycles. The quantitative estimate of drug-likeness (QED) is 0.444. The van der Waals surface area contributed by atoms with E-state index in [1.54, 1.807) is 43.8 Å². The summed E-state index contributed by atoms with van der Waals surface area (Å²) in [5.74, 6) is -0.134. The molecule has 0 aromatic carbocycles. The van der Waals surface area contributed by atoms with E-state index in [0.29, 0.717) is 23.3 Å². The minimum absolute atomic E-state index is 0.0315. The molecule has 0 radical (unpaired) electrons. The Hall–Kier alpha value is -2.13. The zero-order valence-electron chi connectivity index (χ0n) is 14.0. The average Bonchev–Trinajstić information content (AvgIpc) is 2.90. The van der Waals surface area contributed by atoms with E-state index in [4.69, 9.17) is 16.3 Å². The van der Waals surface area contributed by atoms with Crippen molar-refractivity contribution < 1.29 is 14.3 Å².